The zero-order valence-electron chi connectivity index (χ0n) is 11.4. The first kappa shape index (κ1) is 15.5. The van der Waals surface area contributed by atoms with Gasteiger partial charge in [0.05, 0.1) is 13.0 Å². The smallest absolute Gasteiger partial charge is 0.325 e. The third-order valence-corrected chi connectivity index (χ3v) is 3.48. The Bertz CT molecular complexity index is 355. The molecule has 0 saturated heterocycles. The first-order valence-electron chi connectivity index (χ1n) is 6.58. The topological polar surface area (TPSA) is 83.9 Å². The molecular formula is C13H21NO5. The molecule has 1 rings (SSSR count). The van der Waals surface area contributed by atoms with Crippen LogP contribution in [0.25, 0.3) is 0 Å². The van der Waals surface area contributed by atoms with Crippen molar-refractivity contribution in [2.45, 2.75) is 32.6 Å². The highest BCUT2D eigenvalue weighted by molar-refractivity contribution is 5.84. The maximum Gasteiger partial charge on any atom is 0.325 e. The van der Waals surface area contributed by atoms with Gasteiger partial charge < -0.3 is 14.7 Å². The summed E-state index contributed by atoms with van der Waals surface area (Å²) in [5.41, 5.74) is 0. The minimum absolute atomic E-state index is 0.0581. The Morgan fingerprint density at radius 3 is 2.37 bits per heavy atom. The largest absolute Gasteiger partial charge is 0.481 e. The molecule has 1 aliphatic rings. The number of aliphatic carboxylic acids is 1. The van der Waals surface area contributed by atoms with E-state index in [0.717, 1.165) is 6.42 Å². The predicted molar refractivity (Wildman–Crippen MR) is 67.4 cm³/mol. The lowest BCUT2D eigenvalue weighted by atomic mass is 10.0. The Labute approximate surface area is 112 Å². The average molecular weight is 271 g/mol. The van der Waals surface area contributed by atoms with Gasteiger partial charge in [-0.25, -0.2) is 0 Å². The van der Waals surface area contributed by atoms with Crippen molar-refractivity contribution in [2.24, 2.45) is 11.8 Å². The Kier molecular flexibility index (Phi) is 5.79. The van der Waals surface area contributed by atoms with Crippen molar-refractivity contribution in [3.63, 3.8) is 0 Å². The second-order valence-electron chi connectivity index (χ2n) is 4.88. The Morgan fingerprint density at radius 2 is 1.89 bits per heavy atom. The van der Waals surface area contributed by atoms with Crippen LogP contribution in [0.1, 0.15) is 32.6 Å². The molecule has 1 amide bonds. The van der Waals surface area contributed by atoms with E-state index in [2.05, 4.69) is 4.74 Å². The highest BCUT2D eigenvalue weighted by Crippen LogP contribution is 2.32. The average Bonchev–Trinajstić information content (AvgIpc) is 2.86. The van der Waals surface area contributed by atoms with Gasteiger partial charge in [-0.05, 0) is 25.7 Å². The number of esters is 1. The number of hydrogen-bond acceptors (Lipinski definition) is 4. The first-order chi connectivity index (χ1) is 8.99. The Balaban J connectivity index is 2.61. The molecule has 0 bridgehead atoms. The van der Waals surface area contributed by atoms with Crippen LogP contribution >= 0.6 is 0 Å². The van der Waals surface area contributed by atoms with Crippen molar-refractivity contribution < 1.29 is 24.2 Å². The molecule has 2 atom stereocenters. The number of ether oxygens (including phenoxy) is 1. The molecule has 0 aromatic heterocycles. The molecule has 0 heterocycles. The Morgan fingerprint density at radius 1 is 1.26 bits per heavy atom. The standard InChI is InChI=1S/C13H21NO5/c1-3-6-14(8-11(15)19-2)12(16)9-4-5-10(7-9)13(17)18/h9-10H,3-8H2,1-2H3,(H,17,18). The predicted octanol–water partition coefficient (Wildman–Crippen LogP) is 0.899. The van der Waals surface area contributed by atoms with Crippen LogP contribution in [-0.4, -0.2) is 48.1 Å². The van der Waals surface area contributed by atoms with Crippen molar-refractivity contribution in [1.29, 1.82) is 0 Å². The van der Waals surface area contributed by atoms with Crippen LogP contribution in [0.3, 0.4) is 0 Å². The monoisotopic (exact) mass is 271 g/mol. The number of amides is 1. The summed E-state index contributed by atoms with van der Waals surface area (Å²) >= 11 is 0. The zero-order valence-corrected chi connectivity index (χ0v) is 11.4. The lowest BCUT2D eigenvalue weighted by Gasteiger charge is -2.24. The van der Waals surface area contributed by atoms with E-state index < -0.39 is 17.9 Å². The number of carboxylic acid groups (broad SMARTS) is 1. The third kappa shape index (κ3) is 4.22. The van der Waals surface area contributed by atoms with E-state index in [0.29, 0.717) is 25.8 Å². The van der Waals surface area contributed by atoms with Gasteiger partial charge in [0, 0.05) is 12.5 Å². The summed E-state index contributed by atoms with van der Waals surface area (Å²) in [6.07, 6.45) is 2.23. The zero-order chi connectivity index (χ0) is 14.4. The minimum atomic E-state index is -0.842. The van der Waals surface area contributed by atoms with E-state index in [9.17, 15) is 14.4 Å². The van der Waals surface area contributed by atoms with E-state index in [4.69, 9.17) is 5.11 Å². The number of hydrogen-bond donors (Lipinski definition) is 1. The van der Waals surface area contributed by atoms with Crippen LogP contribution in [-0.2, 0) is 19.1 Å². The summed E-state index contributed by atoms with van der Waals surface area (Å²) in [5, 5.41) is 8.94. The molecule has 0 spiro atoms. The fourth-order valence-corrected chi connectivity index (χ4v) is 2.45. The fourth-order valence-electron chi connectivity index (χ4n) is 2.45. The summed E-state index contributed by atoms with van der Waals surface area (Å²) in [4.78, 5) is 35.9. The van der Waals surface area contributed by atoms with Crippen LogP contribution in [0.4, 0.5) is 0 Å². The molecule has 0 aromatic carbocycles. The number of methoxy groups -OCH3 is 1. The maximum absolute atomic E-state index is 12.3. The lowest BCUT2D eigenvalue weighted by molar-refractivity contribution is -0.148. The van der Waals surface area contributed by atoms with Gasteiger partial charge in [0.15, 0.2) is 0 Å². The molecule has 1 saturated carbocycles. The van der Waals surface area contributed by atoms with Gasteiger partial charge in [0.2, 0.25) is 5.91 Å². The quantitative estimate of drug-likeness (QED) is 0.726. The van der Waals surface area contributed by atoms with Gasteiger partial charge in [-0.2, -0.15) is 0 Å². The summed E-state index contributed by atoms with van der Waals surface area (Å²) in [7, 11) is 1.28. The van der Waals surface area contributed by atoms with Gasteiger partial charge in [0.1, 0.15) is 6.54 Å². The van der Waals surface area contributed by atoms with Crippen molar-refractivity contribution in [3.05, 3.63) is 0 Å². The minimum Gasteiger partial charge on any atom is -0.481 e. The van der Waals surface area contributed by atoms with Gasteiger partial charge in [-0.3, -0.25) is 14.4 Å². The molecule has 0 aromatic rings. The van der Waals surface area contributed by atoms with Crippen molar-refractivity contribution in [3.8, 4) is 0 Å². The lowest BCUT2D eigenvalue weighted by Crippen LogP contribution is -2.40. The maximum atomic E-state index is 12.3. The van der Waals surface area contributed by atoms with Crippen LogP contribution in [0.5, 0.6) is 0 Å². The van der Waals surface area contributed by atoms with Crippen LogP contribution in [0, 0.1) is 11.8 Å². The normalized spacial score (nSPS) is 22.0. The number of carboxylic acids is 1. The second-order valence-corrected chi connectivity index (χ2v) is 4.88. The molecule has 0 aliphatic heterocycles. The van der Waals surface area contributed by atoms with Crippen molar-refractivity contribution in [1.82, 2.24) is 4.90 Å². The number of nitrogens with zero attached hydrogens (tertiary/aromatic N) is 1. The van der Waals surface area contributed by atoms with E-state index >= 15 is 0 Å². The summed E-state index contributed by atoms with van der Waals surface area (Å²) in [6.45, 7) is 2.35. The van der Waals surface area contributed by atoms with Gasteiger partial charge in [-0.1, -0.05) is 6.92 Å². The summed E-state index contributed by atoms with van der Waals surface area (Å²) in [6, 6.07) is 0. The van der Waals surface area contributed by atoms with Crippen LogP contribution in [0.15, 0.2) is 0 Å². The van der Waals surface area contributed by atoms with Crippen molar-refractivity contribution in [2.75, 3.05) is 20.2 Å². The molecule has 6 nitrogen and oxygen atoms in total. The number of carbonyl (C=O) groups excluding carboxylic acids is 2. The molecule has 6 heteroatoms. The highest BCUT2D eigenvalue weighted by Gasteiger charge is 2.36. The van der Waals surface area contributed by atoms with E-state index in [1.54, 1.807) is 0 Å². The van der Waals surface area contributed by atoms with Crippen molar-refractivity contribution >= 4 is 17.8 Å². The molecule has 1 aliphatic carbocycles. The van der Waals surface area contributed by atoms with E-state index in [1.807, 2.05) is 6.92 Å². The molecule has 19 heavy (non-hydrogen) atoms. The van der Waals surface area contributed by atoms with Gasteiger partial charge in [-0.15, -0.1) is 0 Å². The molecule has 1 fully saturated rings. The van der Waals surface area contributed by atoms with Crippen LogP contribution < -0.4 is 0 Å². The molecule has 0 radical (unpaired) electrons. The molecule has 2 unspecified atom stereocenters. The molecule has 108 valence electrons. The van der Waals surface area contributed by atoms with E-state index in [-0.39, 0.29) is 18.4 Å². The highest BCUT2D eigenvalue weighted by atomic mass is 16.5. The third-order valence-electron chi connectivity index (χ3n) is 3.48. The first-order valence-corrected chi connectivity index (χ1v) is 6.58. The number of rotatable bonds is 6. The Hall–Kier alpha value is -1.59. The summed E-state index contributed by atoms with van der Waals surface area (Å²) in [5.74, 6) is -2.14. The SMILES string of the molecule is CCCN(CC(=O)OC)C(=O)C1CCC(C(=O)O)C1. The van der Waals surface area contributed by atoms with Crippen LogP contribution in [0.2, 0.25) is 0 Å². The number of carbonyl (C=O) groups is 3. The fraction of sp³-hybridized carbons (Fsp3) is 0.769. The molecule has 1 N–H and O–H groups in total. The van der Waals surface area contributed by atoms with Gasteiger partial charge >= 0.3 is 11.9 Å². The van der Waals surface area contributed by atoms with Gasteiger partial charge in [0.25, 0.3) is 0 Å². The molecular weight excluding hydrogens is 250 g/mol. The second kappa shape index (κ2) is 7.11. The summed E-state index contributed by atoms with van der Waals surface area (Å²) < 4.78 is 4.57. The van der Waals surface area contributed by atoms with E-state index in [1.165, 1.54) is 12.0 Å².